The van der Waals surface area contributed by atoms with Crippen molar-refractivity contribution in [2.45, 2.75) is 6.42 Å². The summed E-state index contributed by atoms with van der Waals surface area (Å²) in [5.41, 5.74) is 1.06. The maximum atomic E-state index is 12.7. The number of anilines is 2. The van der Waals surface area contributed by atoms with Crippen LogP contribution in [-0.2, 0) is 19.1 Å². The van der Waals surface area contributed by atoms with Gasteiger partial charge in [-0.1, -0.05) is 36.4 Å². The molecule has 0 aliphatic carbocycles. The molecule has 9 nitrogen and oxygen atoms in total. The molecule has 9 heteroatoms. The second kappa shape index (κ2) is 11.8. The lowest BCUT2D eigenvalue weighted by Crippen LogP contribution is -2.28. The number of fused-ring (bicyclic) bond motifs is 1. The van der Waals surface area contributed by atoms with Crippen molar-refractivity contribution >= 4 is 39.9 Å². The molecule has 1 N–H and O–H groups in total. The molecular formula is C31H28N2O7. The van der Waals surface area contributed by atoms with E-state index in [1.165, 1.54) is 19.1 Å². The van der Waals surface area contributed by atoms with Gasteiger partial charge in [0.05, 0.1) is 25.8 Å². The highest BCUT2D eigenvalue weighted by Crippen LogP contribution is 2.33. The Morgan fingerprint density at radius 3 is 2.40 bits per heavy atom. The smallest absolute Gasteiger partial charge is 0.311 e. The van der Waals surface area contributed by atoms with Gasteiger partial charge in [-0.3, -0.25) is 14.4 Å². The summed E-state index contributed by atoms with van der Waals surface area (Å²) < 4.78 is 21.7. The third-order valence-corrected chi connectivity index (χ3v) is 6.61. The first-order chi connectivity index (χ1) is 19.4. The molecule has 5 rings (SSSR count). The van der Waals surface area contributed by atoms with Crippen LogP contribution in [0.5, 0.6) is 23.0 Å². The fraction of sp³-hybridized carbons (Fsp3) is 0.194. The average Bonchev–Trinajstić information content (AvgIpc) is 3.38. The van der Waals surface area contributed by atoms with E-state index in [1.807, 2.05) is 42.5 Å². The SMILES string of the molecule is COc1ccc(NC(=O)COC(=O)[C@H]2CC(=O)N(c3ccc(Oc4cccc5ccccc45)cc3)C2)c(OC)c1. The summed E-state index contributed by atoms with van der Waals surface area (Å²) in [7, 11) is 3.00. The van der Waals surface area contributed by atoms with Gasteiger partial charge in [-0.2, -0.15) is 0 Å². The number of benzene rings is 4. The van der Waals surface area contributed by atoms with Gasteiger partial charge in [-0.05, 0) is 47.9 Å². The van der Waals surface area contributed by atoms with E-state index in [2.05, 4.69) is 5.32 Å². The van der Waals surface area contributed by atoms with Crippen LogP contribution in [0.25, 0.3) is 10.8 Å². The fourth-order valence-corrected chi connectivity index (χ4v) is 4.56. The Bertz CT molecular complexity index is 1550. The summed E-state index contributed by atoms with van der Waals surface area (Å²) in [4.78, 5) is 39.3. The van der Waals surface area contributed by atoms with Gasteiger partial charge in [-0.15, -0.1) is 0 Å². The Balaban J connectivity index is 1.16. The molecule has 2 amide bonds. The van der Waals surface area contributed by atoms with Crippen LogP contribution in [0.4, 0.5) is 11.4 Å². The van der Waals surface area contributed by atoms with Gasteiger partial charge in [0, 0.05) is 30.1 Å². The number of hydrogen-bond acceptors (Lipinski definition) is 7. The van der Waals surface area contributed by atoms with E-state index in [4.69, 9.17) is 18.9 Å². The first kappa shape index (κ1) is 26.6. The molecular weight excluding hydrogens is 512 g/mol. The molecule has 0 spiro atoms. The van der Waals surface area contributed by atoms with Crippen LogP contribution in [0.15, 0.2) is 84.9 Å². The van der Waals surface area contributed by atoms with Gasteiger partial charge in [0.25, 0.3) is 5.91 Å². The molecule has 204 valence electrons. The van der Waals surface area contributed by atoms with Crippen LogP contribution in [-0.4, -0.2) is 45.2 Å². The maximum Gasteiger partial charge on any atom is 0.311 e. The topological polar surface area (TPSA) is 103 Å². The Morgan fingerprint density at radius 1 is 0.875 bits per heavy atom. The molecule has 4 aromatic rings. The van der Waals surface area contributed by atoms with E-state index in [-0.39, 0.29) is 18.9 Å². The summed E-state index contributed by atoms with van der Waals surface area (Å²) in [6, 6.07) is 25.9. The highest BCUT2D eigenvalue weighted by molar-refractivity contribution is 6.00. The molecule has 0 unspecified atom stereocenters. The fourth-order valence-electron chi connectivity index (χ4n) is 4.56. The molecule has 1 heterocycles. The second-order valence-electron chi connectivity index (χ2n) is 9.20. The normalized spacial score (nSPS) is 14.6. The third kappa shape index (κ3) is 5.83. The van der Waals surface area contributed by atoms with Crippen molar-refractivity contribution in [2.75, 3.05) is 37.6 Å². The highest BCUT2D eigenvalue weighted by Gasteiger charge is 2.36. The van der Waals surface area contributed by atoms with E-state index in [0.717, 1.165) is 16.5 Å². The van der Waals surface area contributed by atoms with E-state index in [9.17, 15) is 14.4 Å². The summed E-state index contributed by atoms with van der Waals surface area (Å²) in [6.07, 6.45) is 0.00100. The van der Waals surface area contributed by atoms with Gasteiger partial charge >= 0.3 is 5.97 Å². The second-order valence-corrected chi connectivity index (χ2v) is 9.20. The summed E-state index contributed by atoms with van der Waals surface area (Å²) in [5, 5.41) is 4.73. The minimum Gasteiger partial charge on any atom is -0.497 e. The zero-order valence-corrected chi connectivity index (χ0v) is 22.1. The number of nitrogens with zero attached hydrogens (tertiary/aromatic N) is 1. The van der Waals surface area contributed by atoms with E-state index in [0.29, 0.717) is 28.6 Å². The quantitative estimate of drug-likeness (QED) is 0.292. The molecule has 4 aromatic carbocycles. The number of hydrogen-bond donors (Lipinski definition) is 1. The number of methoxy groups -OCH3 is 2. The van der Waals surface area contributed by atoms with Crippen molar-refractivity contribution in [3.8, 4) is 23.0 Å². The molecule has 0 saturated carbocycles. The molecule has 0 aromatic heterocycles. The van der Waals surface area contributed by atoms with Crippen LogP contribution in [0, 0.1) is 5.92 Å². The molecule has 1 saturated heterocycles. The van der Waals surface area contributed by atoms with Crippen LogP contribution in [0.3, 0.4) is 0 Å². The first-order valence-electron chi connectivity index (χ1n) is 12.7. The van der Waals surface area contributed by atoms with Crippen molar-refractivity contribution in [1.29, 1.82) is 0 Å². The number of carbonyl (C=O) groups is 3. The molecule has 1 aliphatic rings. The summed E-state index contributed by atoms with van der Waals surface area (Å²) in [6.45, 7) is -0.325. The molecule has 40 heavy (non-hydrogen) atoms. The Labute approximate surface area is 231 Å². The van der Waals surface area contributed by atoms with E-state index < -0.39 is 24.4 Å². The molecule has 1 atom stereocenters. The van der Waals surface area contributed by atoms with Crippen LogP contribution < -0.4 is 24.4 Å². The van der Waals surface area contributed by atoms with Crippen LogP contribution >= 0.6 is 0 Å². The number of nitrogens with one attached hydrogen (secondary N) is 1. The van der Waals surface area contributed by atoms with Gasteiger partial charge < -0.3 is 29.2 Å². The van der Waals surface area contributed by atoms with Gasteiger partial charge in [-0.25, -0.2) is 0 Å². The lowest BCUT2D eigenvalue weighted by molar-refractivity contribution is -0.151. The number of carbonyl (C=O) groups excluding carboxylic acids is 3. The molecule has 0 radical (unpaired) electrons. The van der Waals surface area contributed by atoms with Gasteiger partial charge in [0.15, 0.2) is 6.61 Å². The number of rotatable bonds is 9. The standard InChI is InChI=1S/C31H28N2O7/c1-37-24-14-15-26(28(17-24)38-2)32-29(34)19-39-31(36)21-16-30(35)33(18-21)22-10-12-23(13-11-22)40-27-9-5-7-20-6-3-4-8-25(20)27/h3-15,17,21H,16,18-19H2,1-2H3,(H,32,34)/t21-/m0/s1. The van der Waals surface area contributed by atoms with Crippen molar-refractivity contribution in [1.82, 2.24) is 0 Å². The lowest BCUT2D eigenvalue weighted by atomic mass is 10.1. The average molecular weight is 541 g/mol. The van der Waals surface area contributed by atoms with Crippen LogP contribution in [0.1, 0.15) is 6.42 Å². The number of ether oxygens (including phenoxy) is 4. The van der Waals surface area contributed by atoms with E-state index >= 15 is 0 Å². The summed E-state index contributed by atoms with van der Waals surface area (Å²) >= 11 is 0. The predicted octanol–water partition coefficient (Wildman–Crippen LogP) is 5.18. The van der Waals surface area contributed by atoms with Gasteiger partial charge in [0.1, 0.15) is 23.0 Å². The monoisotopic (exact) mass is 540 g/mol. The first-order valence-corrected chi connectivity index (χ1v) is 12.7. The van der Waals surface area contributed by atoms with Gasteiger partial charge in [0.2, 0.25) is 5.91 Å². The number of amides is 2. The van der Waals surface area contributed by atoms with Crippen molar-refractivity contribution in [3.63, 3.8) is 0 Å². The zero-order valence-electron chi connectivity index (χ0n) is 22.1. The van der Waals surface area contributed by atoms with E-state index in [1.54, 1.807) is 42.5 Å². The van der Waals surface area contributed by atoms with Crippen LogP contribution in [0.2, 0.25) is 0 Å². The van der Waals surface area contributed by atoms with Crippen molar-refractivity contribution < 1.29 is 33.3 Å². The minimum atomic E-state index is -0.678. The third-order valence-electron chi connectivity index (χ3n) is 6.61. The summed E-state index contributed by atoms with van der Waals surface area (Å²) in [5.74, 6) is 0.332. The Hall–Kier alpha value is -5.05. The lowest BCUT2D eigenvalue weighted by Gasteiger charge is -2.17. The zero-order chi connectivity index (χ0) is 28.1. The number of esters is 1. The Morgan fingerprint density at radius 2 is 1.62 bits per heavy atom. The molecule has 0 bridgehead atoms. The molecule has 1 fully saturated rings. The minimum absolute atomic E-state index is 0.00100. The largest absolute Gasteiger partial charge is 0.497 e. The predicted molar refractivity (Wildman–Crippen MR) is 150 cm³/mol. The molecule has 1 aliphatic heterocycles. The van der Waals surface area contributed by atoms with Crippen molar-refractivity contribution in [3.05, 3.63) is 84.9 Å². The highest BCUT2D eigenvalue weighted by atomic mass is 16.5. The maximum absolute atomic E-state index is 12.7. The van der Waals surface area contributed by atoms with Crippen molar-refractivity contribution in [2.24, 2.45) is 5.92 Å². The Kier molecular flexibility index (Phi) is 7.82.